The molecule has 0 amide bonds. The normalized spacial score (nSPS) is 26.7. The van der Waals surface area contributed by atoms with Gasteiger partial charge < -0.3 is 10.4 Å². The van der Waals surface area contributed by atoms with E-state index < -0.39 is 5.97 Å². The molecule has 0 heterocycles. The summed E-state index contributed by atoms with van der Waals surface area (Å²) in [5.74, 6) is -0.691. The Bertz CT molecular complexity index is 235. The van der Waals surface area contributed by atoms with Crippen molar-refractivity contribution in [1.29, 1.82) is 0 Å². The maximum atomic E-state index is 11.2. The van der Waals surface area contributed by atoms with Crippen LogP contribution >= 0.6 is 11.8 Å². The summed E-state index contributed by atoms with van der Waals surface area (Å²) >= 11 is 1.88. The number of carboxylic acid groups (broad SMARTS) is 1. The molecule has 0 aromatic carbocycles. The molecule has 1 rings (SSSR count). The van der Waals surface area contributed by atoms with Crippen molar-refractivity contribution >= 4 is 17.7 Å². The lowest BCUT2D eigenvalue weighted by molar-refractivity contribution is -0.140. The summed E-state index contributed by atoms with van der Waals surface area (Å²) in [5, 5.41) is 13.2. The van der Waals surface area contributed by atoms with E-state index in [2.05, 4.69) is 18.5 Å². The Hall–Kier alpha value is -0.220. The van der Waals surface area contributed by atoms with Crippen molar-refractivity contribution in [1.82, 2.24) is 5.32 Å². The van der Waals surface area contributed by atoms with Crippen LogP contribution in [0.15, 0.2) is 0 Å². The van der Waals surface area contributed by atoms with Gasteiger partial charge in [0.2, 0.25) is 0 Å². The first kappa shape index (κ1) is 14.8. The van der Waals surface area contributed by atoms with Crippen LogP contribution in [-0.4, -0.2) is 34.7 Å². The molecule has 17 heavy (non-hydrogen) atoms. The van der Waals surface area contributed by atoms with Crippen molar-refractivity contribution in [3.05, 3.63) is 0 Å². The number of aliphatic carboxylic acids is 1. The average Bonchev–Trinajstić information content (AvgIpc) is 2.34. The minimum atomic E-state index is -0.691. The van der Waals surface area contributed by atoms with E-state index in [4.69, 9.17) is 0 Å². The summed E-state index contributed by atoms with van der Waals surface area (Å²) in [6.45, 7) is 2.10. The molecular weight excluding hydrogens is 234 g/mol. The maximum Gasteiger partial charge on any atom is 0.320 e. The Balaban J connectivity index is 2.48. The number of hydrogen-bond acceptors (Lipinski definition) is 3. The molecule has 0 saturated heterocycles. The van der Waals surface area contributed by atoms with Gasteiger partial charge in [0.15, 0.2) is 0 Å². The molecule has 3 atom stereocenters. The zero-order valence-electron chi connectivity index (χ0n) is 10.9. The van der Waals surface area contributed by atoms with Crippen molar-refractivity contribution in [2.75, 3.05) is 6.26 Å². The SMILES string of the molecule is CCCCC(NC1CCCCC1SC)C(=O)O. The zero-order valence-corrected chi connectivity index (χ0v) is 11.8. The molecule has 4 heteroatoms. The van der Waals surface area contributed by atoms with E-state index in [0.717, 1.165) is 25.7 Å². The molecule has 100 valence electrons. The maximum absolute atomic E-state index is 11.2. The van der Waals surface area contributed by atoms with E-state index in [0.29, 0.717) is 11.3 Å². The number of nitrogens with one attached hydrogen (secondary N) is 1. The van der Waals surface area contributed by atoms with E-state index in [1.807, 2.05) is 11.8 Å². The standard InChI is InChI=1S/C13H25NO2S/c1-3-4-7-11(13(15)16)14-10-8-5-6-9-12(10)17-2/h10-12,14H,3-9H2,1-2H3,(H,15,16). The third-order valence-electron chi connectivity index (χ3n) is 3.57. The predicted octanol–water partition coefficient (Wildman–Crippen LogP) is 2.89. The van der Waals surface area contributed by atoms with Crippen molar-refractivity contribution in [2.24, 2.45) is 0 Å². The first-order valence-corrected chi connectivity index (χ1v) is 7.99. The molecule has 3 unspecified atom stereocenters. The van der Waals surface area contributed by atoms with Gasteiger partial charge in [-0.2, -0.15) is 11.8 Å². The second-order valence-corrected chi connectivity index (χ2v) is 5.94. The fourth-order valence-corrected chi connectivity index (χ4v) is 3.46. The average molecular weight is 259 g/mol. The predicted molar refractivity (Wildman–Crippen MR) is 73.6 cm³/mol. The van der Waals surface area contributed by atoms with Gasteiger partial charge in [0.25, 0.3) is 0 Å². The largest absolute Gasteiger partial charge is 0.480 e. The van der Waals surface area contributed by atoms with Gasteiger partial charge in [-0.05, 0) is 25.5 Å². The number of hydrogen-bond donors (Lipinski definition) is 2. The van der Waals surface area contributed by atoms with Crippen molar-refractivity contribution in [2.45, 2.75) is 69.2 Å². The van der Waals surface area contributed by atoms with Gasteiger partial charge in [0.1, 0.15) is 6.04 Å². The van der Waals surface area contributed by atoms with Gasteiger partial charge in [-0.15, -0.1) is 0 Å². The zero-order chi connectivity index (χ0) is 12.7. The minimum Gasteiger partial charge on any atom is -0.480 e. The highest BCUT2D eigenvalue weighted by Gasteiger charge is 2.28. The quantitative estimate of drug-likeness (QED) is 0.738. The third kappa shape index (κ3) is 4.88. The van der Waals surface area contributed by atoms with E-state index >= 15 is 0 Å². The molecule has 3 nitrogen and oxygen atoms in total. The lowest BCUT2D eigenvalue weighted by Crippen LogP contribution is -2.49. The Morgan fingerprint density at radius 3 is 2.76 bits per heavy atom. The highest BCUT2D eigenvalue weighted by Crippen LogP contribution is 2.27. The number of thioether (sulfide) groups is 1. The Labute approximate surface area is 109 Å². The minimum absolute atomic E-state index is 0.354. The highest BCUT2D eigenvalue weighted by atomic mass is 32.2. The van der Waals surface area contributed by atoms with Crippen molar-refractivity contribution < 1.29 is 9.90 Å². The summed E-state index contributed by atoms with van der Waals surface area (Å²) in [7, 11) is 0. The van der Waals surface area contributed by atoms with Gasteiger partial charge >= 0.3 is 5.97 Å². The van der Waals surface area contributed by atoms with Crippen molar-refractivity contribution in [3.63, 3.8) is 0 Å². The molecule has 1 aliphatic carbocycles. The second-order valence-electron chi connectivity index (χ2n) is 4.86. The van der Waals surface area contributed by atoms with E-state index in [1.54, 1.807) is 0 Å². The van der Waals surface area contributed by atoms with Gasteiger partial charge in [0.05, 0.1) is 0 Å². The molecule has 2 N–H and O–H groups in total. The van der Waals surface area contributed by atoms with E-state index in [1.165, 1.54) is 19.3 Å². The van der Waals surface area contributed by atoms with E-state index in [-0.39, 0.29) is 6.04 Å². The molecule has 0 spiro atoms. The van der Waals surface area contributed by atoms with Crippen LogP contribution in [0.3, 0.4) is 0 Å². The summed E-state index contributed by atoms with van der Waals surface area (Å²) in [6.07, 6.45) is 9.80. The first-order valence-electron chi connectivity index (χ1n) is 6.70. The monoisotopic (exact) mass is 259 g/mol. The number of unbranched alkanes of at least 4 members (excludes halogenated alkanes) is 1. The topological polar surface area (TPSA) is 49.3 Å². The van der Waals surface area contributed by atoms with Crippen LogP contribution in [0.25, 0.3) is 0 Å². The van der Waals surface area contributed by atoms with Crippen LogP contribution in [0.5, 0.6) is 0 Å². The lowest BCUT2D eigenvalue weighted by Gasteiger charge is -2.33. The summed E-state index contributed by atoms with van der Waals surface area (Å²) < 4.78 is 0. The lowest BCUT2D eigenvalue weighted by atomic mass is 9.93. The molecule has 0 aromatic rings. The number of carboxylic acids is 1. The Morgan fingerprint density at radius 2 is 2.18 bits per heavy atom. The summed E-state index contributed by atoms with van der Waals surface area (Å²) in [5.41, 5.74) is 0. The fourth-order valence-electron chi connectivity index (χ4n) is 2.51. The van der Waals surface area contributed by atoms with Gasteiger partial charge in [-0.3, -0.25) is 4.79 Å². The molecule has 1 aliphatic rings. The van der Waals surface area contributed by atoms with E-state index in [9.17, 15) is 9.90 Å². The Kier molecular flexibility index (Phi) is 6.97. The van der Waals surface area contributed by atoms with Crippen LogP contribution in [0.4, 0.5) is 0 Å². The summed E-state index contributed by atoms with van der Waals surface area (Å²) in [6, 6.07) is 0.0319. The molecule has 0 bridgehead atoms. The molecule has 1 saturated carbocycles. The highest BCUT2D eigenvalue weighted by molar-refractivity contribution is 7.99. The van der Waals surface area contributed by atoms with Crippen molar-refractivity contribution in [3.8, 4) is 0 Å². The second kappa shape index (κ2) is 7.98. The van der Waals surface area contributed by atoms with Gasteiger partial charge in [-0.25, -0.2) is 0 Å². The Morgan fingerprint density at radius 1 is 1.47 bits per heavy atom. The molecule has 0 aliphatic heterocycles. The van der Waals surface area contributed by atoms with Crippen LogP contribution in [-0.2, 0) is 4.79 Å². The van der Waals surface area contributed by atoms with Crippen LogP contribution in [0, 0.1) is 0 Å². The van der Waals surface area contributed by atoms with Crippen LogP contribution in [0.2, 0.25) is 0 Å². The molecule has 0 radical (unpaired) electrons. The van der Waals surface area contributed by atoms with Crippen LogP contribution in [0.1, 0.15) is 51.9 Å². The third-order valence-corrected chi connectivity index (χ3v) is 4.73. The van der Waals surface area contributed by atoms with Gasteiger partial charge in [-0.1, -0.05) is 32.6 Å². The molecule has 0 aromatic heterocycles. The smallest absolute Gasteiger partial charge is 0.320 e. The first-order chi connectivity index (χ1) is 8.19. The van der Waals surface area contributed by atoms with Gasteiger partial charge in [0, 0.05) is 11.3 Å². The van der Waals surface area contributed by atoms with Crippen LogP contribution < -0.4 is 5.32 Å². The number of rotatable bonds is 7. The number of carbonyl (C=O) groups is 1. The molecule has 1 fully saturated rings. The molecular formula is C13H25NO2S. The summed E-state index contributed by atoms with van der Waals surface area (Å²) in [4.78, 5) is 11.2. The fraction of sp³-hybridized carbons (Fsp3) is 0.923.